The molecule has 5 rings (SSSR count). The minimum Gasteiger partial charge on any atom is -0.489 e. The van der Waals surface area contributed by atoms with Crippen LogP contribution in [-0.2, 0) is 13.0 Å². The molecular weight excluding hydrogens is 438 g/mol. The van der Waals surface area contributed by atoms with Crippen LogP contribution in [0.5, 0.6) is 5.75 Å². The van der Waals surface area contributed by atoms with Crippen molar-refractivity contribution in [1.29, 1.82) is 0 Å². The van der Waals surface area contributed by atoms with Crippen molar-refractivity contribution in [3.8, 4) is 17.2 Å². The van der Waals surface area contributed by atoms with E-state index in [2.05, 4.69) is 15.5 Å². The van der Waals surface area contributed by atoms with Gasteiger partial charge in [-0.25, -0.2) is 0 Å². The number of carbonyl (C=O) groups is 1. The molecule has 35 heavy (non-hydrogen) atoms. The van der Waals surface area contributed by atoms with Crippen LogP contribution in [-0.4, -0.2) is 16.0 Å². The highest BCUT2D eigenvalue weighted by molar-refractivity contribution is 6.06. The van der Waals surface area contributed by atoms with Gasteiger partial charge in [-0.1, -0.05) is 84.0 Å². The van der Waals surface area contributed by atoms with Crippen LogP contribution in [0.15, 0.2) is 114 Å². The maximum atomic E-state index is 13.0. The molecule has 5 aromatic rings. The van der Waals surface area contributed by atoms with Gasteiger partial charge in [0.15, 0.2) is 5.82 Å². The Kier molecular flexibility index (Phi) is 6.62. The third kappa shape index (κ3) is 5.62. The van der Waals surface area contributed by atoms with E-state index in [0.717, 1.165) is 11.1 Å². The number of anilines is 1. The summed E-state index contributed by atoms with van der Waals surface area (Å²) in [5.74, 6) is 1.30. The van der Waals surface area contributed by atoms with Gasteiger partial charge in [-0.2, -0.15) is 4.98 Å². The van der Waals surface area contributed by atoms with Crippen LogP contribution in [0.25, 0.3) is 11.5 Å². The number of carbonyl (C=O) groups excluding carboxylic acids is 1. The highest BCUT2D eigenvalue weighted by atomic mass is 16.5. The van der Waals surface area contributed by atoms with Gasteiger partial charge < -0.3 is 14.6 Å². The summed E-state index contributed by atoms with van der Waals surface area (Å²) in [7, 11) is 0. The molecular formula is C29H23N3O3. The quantitative estimate of drug-likeness (QED) is 0.299. The van der Waals surface area contributed by atoms with Crippen LogP contribution in [0, 0.1) is 0 Å². The van der Waals surface area contributed by atoms with Crippen LogP contribution >= 0.6 is 0 Å². The predicted octanol–water partition coefficient (Wildman–Crippen LogP) is 6.16. The number of rotatable bonds is 8. The van der Waals surface area contributed by atoms with Crippen LogP contribution in [0.1, 0.15) is 27.3 Å². The fourth-order valence-corrected chi connectivity index (χ4v) is 3.65. The molecule has 0 aliphatic carbocycles. The zero-order chi connectivity index (χ0) is 23.9. The Balaban J connectivity index is 1.30. The summed E-state index contributed by atoms with van der Waals surface area (Å²) >= 11 is 0. The van der Waals surface area contributed by atoms with Crippen molar-refractivity contribution in [2.75, 3.05) is 5.32 Å². The standard InChI is InChI=1S/C29H23N3O3/c33-28(23-14-9-15-24(19-23)34-20-22-12-5-2-6-13-22)30-26-17-8-7-16-25(26)29-31-27(32-35-29)18-21-10-3-1-4-11-21/h1-17,19H,18,20H2,(H,30,33). The molecule has 0 saturated carbocycles. The van der Waals surface area contributed by atoms with Gasteiger partial charge in [0.2, 0.25) is 0 Å². The fourth-order valence-electron chi connectivity index (χ4n) is 3.65. The highest BCUT2D eigenvalue weighted by Crippen LogP contribution is 2.27. The predicted molar refractivity (Wildman–Crippen MR) is 134 cm³/mol. The first-order valence-corrected chi connectivity index (χ1v) is 11.3. The molecule has 1 N–H and O–H groups in total. The zero-order valence-corrected chi connectivity index (χ0v) is 18.9. The third-order valence-corrected chi connectivity index (χ3v) is 5.42. The lowest BCUT2D eigenvalue weighted by molar-refractivity contribution is 0.102. The Morgan fingerprint density at radius 1 is 0.800 bits per heavy atom. The minimum absolute atomic E-state index is 0.258. The molecule has 0 aliphatic rings. The highest BCUT2D eigenvalue weighted by Gasteiger charge is 2.16. The molecule has 0 saturated heterocycles. The molecule has 0 radical (unpaired) electrons. The summed E-state index contributed by atoms with van der Waals surface area (Å²) in [4.78, 5) is 17.6. The van der Waals surface area contributed by atoms with Gasteiger partial charge in [-0.15, -0.1) is 0 Å². The molecule has 0 spiro atoms. The summed E-state index contributed by atoms with van der Waals surface area (Å²) in [6.45, 7) is 0.428. The number of aromatic nitrogens is 2. The molecule has 0 bridgehead atoms. The molecule has 6 heteroatoms. The van der Waals surface area contributed by atoms with Crippen LogP contribution in [0.2, 0.25) is 0 Å². The van der Waals surface area contributed by atoms with E-state index in [1.165, 1.54) is 0 Å². The first kappa shape index (κ1) is 22.1. The van der Waals surface area contributed by atoms with Gasteiger partial charge >= 0.3 is 0 Å². The molecule has 4 aromatic carbocycles. The van der Waals surface area contributed by atoms with Crippen molar-refractivity contribution in [3.05, 3.63) is 132 Å². The second kappa shape index (κ2) is 10.5. The largest absolute Gasteiger partial charge is 0.489 e. The van der Waals surface area contributed by atoms with Gasteiger partial charge in [0, 0.05) is 12.0 Å². The van der Waals surface area contributed by atoms with Crippen molar-refractivity contribution in [2.45, 2.75) is 13.0 Å². The van der Waals surface area contributed by atoms with E-state index < -0.39 is 0 Å². The second-order valence-electron chi connectivity index (χ2n) is 7.98. The zero-order valence-electron chi connectivity index (χ0n) is 18.9. The number of amides is 1. The van der Waals surface area contributed by atoms with Crippen molar-refractivity contribution in [2.24, 2.45) is 0 Å². The van der Waals surface area contributed by atoms with Crippen LogP contribution in [0.4, 0.5) is 5.69 Å². The minimum atomic E-state index is -0.258. The third-order valence-electron chi connectivity index (χ3n) is 5.42. The normalized spacial score (nSPS) is 10.6. The Bertz CT molecular complexity index is 1420. The summed E-state index contributed by atoms with van der Waals surface area (Å²) in [6, 6.07) is 34.3. The second-order valence-corrected chi connectivity index (χ2v) is 7.98. The maximum Gasteiger partial charge on any atom is 0.260 e. The number of hydrogen-bond donors (Lipinski definition) is 1. The number of para-hydroxylation sites is 1. The Labute approximate surface area is 203 Å². The molecule has 0 unspecified atom stereocenters. The Hall–Kier alpha value is -4.71. The summed E-state index contributed by atoms with van der Waals surface area (Å²) in [6.07, 6.45) is 0.564. The van der Waals surface area contributed by atoms with Crippen LogP contribution < -0.4 is 10.1 Å². The topological polar surface area (TPSA) is 77.3 Å². The van der Waals surface area contributed by atoms with Gasteiger partial charge in [0.1, 0.15) is 12.4 Å². The molecule has 0 aliphatic heterocycles. The van der Waals surface area contributed by atoms with Crippen molar-refractivity contribution < 1.29 is 14.1 Å². The van der Waals surface area contributed by atoms with Crippen molar-refractivity contribution in [1.82, 2.24) is 10.1 Å². The average molecular weight is 462 g/mol. The molecule has 0 fully saturated rings. The lowest BCUT2D eigenvalue weighted by Crippen LogP contribution is -2.12. The van der Waals surface area contributed by atoms with E-state index in [9.17, 15) is 4.79 Å². The van der Waals surface area contributed by atoms with E-state index in [-0.39, 0.29) is 5.91 Å². The summed E-state index contributed by atoms with van der Waals surface area (Å²) in [5, 5.41) is 7.07. The van der Waals surface area contributed by atoms with E-state index >= 15 is 0 Å². The van der Waals surface area contributed by atoms with Crippen LogP contribution in [0.3, 0.4) is 0 Å². The van der Waals surface area contributed by atoms with E-state index in [1.807, 2.05) is 91.0 Å². The summed E-state index contributed by atoms with van der Waals surface area (Å²) < 4.78 is 11.4. The van der Waals surface area contributed by atoms with Gasteiger partial charge in [-0.05, 0) is 41.5 Å². The number of benzene rings is 4. The molecule has 6 nitrogen and oxygen atoms in total. The Morgan fingerprint density at radius 2 is 1.51 bits per heavy atom. The Morgan fingerprint density at radius 3 is 2.31 bits per heavy atom. The van der Waals surface area contributed by atoms with Gasteiger partial charge in [-0.3, -0.25) is 4.79 Å². The molecule has 1 heterocycles. The molecule has 1 amide bonds. The van der Waals surface area contributed by atoms with E-state index in [4.69, 9.17) is 9.26 Å². The van der Waals surface area contributed by atoms with Gasteiger partial charge in [0.05, 0.1) is 11.3 Å². The number of ether oxygens (including phenoxy) is 1. The summed E-state index contributed by atoms with van der Waals surface area (Å²) in [5.41, 5.74) is 3.88. The number of nitrogens with zero attached hydrogens (tertiary/aromatic N) is 2. The first-order chi connectivity index (χ1) is 17.2. The number of nitrogens with one attached hydrogen (secondary N) is 1. The lowest BCUT2D eigenvalue weighted by Gasteiger charge is -2.10. The lowest BCUT2D eigenvalue weighted by atomic mass is 10.1. The van der Waals surface area contributed by atoms with E-state index in [0.29, 0.717) is 47.3 Å². The van der Waals surface area contributed by atoms with E-state index in [1.54, 1.807) is 18.2 Å². The molecule has 0 atom stereocenters. The monoisotopic (exact) mass is 461 g/mol. The number of hydrogen-bond acceptors (Lipinski definition) is 5. The fraction of sp³-hybridized carbons (Fsp3) is 0.0690. The maximum absolute atomic E-state index is 13.0. The first-order valence-electron chi connectivity index (χ1n) is 11.3. The molecule has 172 valence electrons. The molecule has 1 aromatic heterocycles. The SMILES string of the molecule is O=C(Nc1ccccc1-c1nc(Cc2ccccc2)no1)c1cccc(OCc2ccccc2)c1. The van der Waals surface area contributed by atoms with Gasteiger partial charge in [0.25, 0.3) is 11.8 Å². The van der Waals surface area contributed by atoms with Crippen molar-refractivity contribution in [3.63, 3.8) is 0 Å². The van der Waals surface area contributed by atoms with Crippen molar-refractivity contribution >= 4 is 11.6 Å². The smallest absolute Gasteiger partial charge is 0.260 e. The average Bonchev–Trinajstić information content (AvgIpc) is 3.37.